The fourth-order valence-corrected chi connectivity index (χ4v) is 8.87. The molecule has 9 nitrogen and oxygen atoms in total. The number of likely N-dealkylation sites (tertiary alicyclic amines) is 1. The lowest BCUT2D eigenvalue weighted by atomic mass is 9.70. The van der Waals surface area contributed by atoms with Gasteiger partial charge in [-0.15, -0.1) is 13.2 Å². The molecule has 3 saturated heterocycles. The highest BCUT2D eigenvalue weighted by Crippen LogP contribution is 2.61. The maximum Gasteiger partial charge on any atom is 0.253 e. The van der Waals surface area contributed by atoms with Crippen molar-refractivity contribution in [2.75, 3.05) is 36.1 Å². The first-order valence-electron chi connectivity index (χ1n) is 16.4. The Hall–Kier alpha value is -3.47. The zero-order valence-electron chi connectivity index (χ0n) is 27.9. The number of hydrogen-bond acceptors (Lipinski definition) is 6. The Morgan fingerprint density at radius 3 is 2.26 bits per heavy atom. The highest BCUT2D eigenvalue weighted by molar-refractivity contribution is 9.09. The minimum absolute atomic E-state index is 0.172. The zero-order chi connectivity index (χ0) is 34.2. The lowest BCUT2D eigenvalue weighted by molar-refractivity contribution is -0.145. The second-order valence-electron chi connectivity index (χ2n) is 13.0. The average molecular weight is 709 g/mol. The van der Waals surface area contributed by atoms with Crippen molar-refractivity contribution in [1.29, 1.82) is 0 Å². The number of aliphatic hydroxyl groups is 1. The van der Waals surface area contributed by atoms with Crippen LogP contribution in [-0.4, -0.2) is 82.6 Å². The third-order valence-corrected chi connectivity index (χ3v) is 10.7. The van der Waals surface area contributed by atoms with Gasteiger partial charge in [-0.1, -0.05) is 60.1 Å². The van der Waals surface area contributed by atoms with Gasteiger partial charge in [0, 0.05) is 29.3 Å². The van der Waals surface area contributed by atoms with Crippen molar-refractivity contribution in [2.45, 2.75) is 69.7 Å². The van der Waals surface area contributed by atoms with E-state index >= 15 is 4.79 Å². The number of nitrogens with zero attached hydrogens (tertiary/aromatic N) is 3. The molecular weight excluding hydrogens is 662 g/mol. The van der Waals surface area contributed by atoms with Gasteiger partial charge in [-0.2, -0.15) is 0 Å². The summed E-state index contributed by atoms with van der Waals surface area (Å²) >= 11 is 3.79. The van der Waals surface area contributed by atoms with E-state index in [0.717, 1.165) is 16.8 Å². The van der Waals surface area contributed by atoms with Crippen molar-refractivity contribution in [1.82, 2.24) is 4.90 Å². The number of aliphatic hydroxyl groups excluding tert-OH is 1. The second kappa shape index (κ2) is 13.9. The molecule has 2 aromatic carbocycles. The van der Waals surface area contributed by atoms with Gasteiger partial charge < -0.3 is 29.3 Å². The Kier molecular flexibility index (Phi) is 10.3. The van der Waals surface area contributed by atoms with E-state index in [9.17, 15) is 14.7 Å². The SMILES string of the molecule is C=CCN(C(=O)[C@H]1[C@@H]2OC3(CC2Br)C(C(=O)N(CC=C)c2c(C)cccc2C)N([C@@H](CO)C(C)C)C(=O)[C@H]13)c1ccc(OCC)cc1. The predicted octanol–water partition coefficient (Wildman–Crippen LogP) is 5.21. The number of rotatable bonds is 13. The van der Waals surface area contributed by atoms with Crippen LogP contribution in [0.4, 0.5) is 11.4 Å². The van der Waals surface area contributed by atoms with Crippen molar-refractivity contribution < 1.29 is 29.0 Å². The lowest BCUT2D eigenvalue weighted by Gasteiger charge is -2.41. The summed E-state index contributed by atoms with van der Waals surface area (Å²) in [6, 6.07) is 11.4. The van der Waals surface area contributed by atoms with Gasteiger partial charge in [0.2, 0.25) is 11.8 Å². The number of benzene rings is 2. The van der Waals surface area contributed by atoms with Gasteiger partial charge in [-0.05, 0) is 68.5 Å². The van der Waals surface area contributed by atoms with E-state index in [2.05, 4.69) is 29.1 Å². The molecule has 0 radical (unpaired) electrons. The van der Waals surface area contributed by atoms with Crippen LogP contribution in [-0.2, 0) is 19.1 Å². The largest absolute Gasteiger partial charge is 0.494 e. The molecule has 2 bridgehead atoms. The van der Waals surface area contributed by atoms with E-state index in [1.54, 1.807) is 22.0 Å². The van der Waals surface area contributed by atoms with Gasteiger partial charge in [0.1, 0.15) is 17.4 Å². The van der Waals surface area contributed by atoms with Crippen LogP contribution < -0.4 is 14.5 Å². The van der Waals surface area contributed by atoms with E-state index < -0.39 is 35.6 Å². The highest BCUT2D eigenvalue weighted by Gasteiger charge is 2.77. The summed E-state index contributed by atoms with van der Waals surface area (Å²) in [5, 5.41) is 10.7. The normalized spacial score (nSPS) is 26.7. The number of carbonyl (C=O) groups is 3. The summed E-state index contributed by atoms with van der Waals surface area (Å²) in [4.78, 5) is 49.1. The zero-order valence-corrected chi connectivity index (χ0v) is 29.5. The van der Waals surface area contributed by atoms with Gasteiger partial charge in [0.15, 0.2) is 0 Å². The first kappa shape index (κ1) is 34.9. The molecule has 3 heterocycles. The molecule has 1 N–H and O–H groups in total. The number of para-hydroxylation sites is 1. The van der Waals surface area contributed by atoms with Crippen LogP contribution in [0.5, 0.6) is 5.75 Å². The number of hydrogen-bond donors (Lipinski definition) is 1. The van der Waals surface area contributed by atoms with Crippen LogP contribution in [0.1, 0.15) is 38.3 Å². The maximum atomic E-state index is 15.1. The molecule has 10 heteroatoms. The van der Waals surface area contributed by atoms with Gasteiger partial charge in [0.25, 0.3) is 5.91 Å². The molecule has 2 aromatic rings. The van der Waals surface area contributed by atoms with Crippen molar-refractivity contribution in [3.05, 3.63) is 78.9 Å². The smallest absolute Gasteiger partial charge is 0.253 e. The van der Waals surface area contributed by atoms with Crippen molar-refractivity contribution in [3.63, 3.8) is 0 Å². The van der Waals surface area contributed by atoms with Crippen LogP contribution in [0.15, 0.2) is 67.8 Å². The van der Waals surface area contributed by atoms with Crippen LogP contribution in [0.3, 0.4) is 0 Å². The third-order valence-electron chi connectivity index (χ3n) is 9.88. The summed E-state index contributed by atoms with van der Waals surface area (Å²) in [5.74, 6) is -2.22. The molecule has 5 rings (SSSR count). The van der Waals surface area contributed by atoms with E-state index in [1.165, 1.54) is 4.90 Å². The van der Waals surface area contributed by atoms with E-state index in [4.69, 9.17) is 9.47 Å². The molecule has 3 unspecified atom stereocenters. The number of amides is 3. The minimum atomic E-state index is -1.29. The lowest BCUT2D eigenvalue weighted by Crippen LogP contribution is -2.60. The molecule has 3 fully saturated rings. The topological polar surface area (TPSA) is 99.6 Å². The monoisotopic (exact) mass is 707 g/mol. The van der Waals surface area contributed by atoms with Gasteiger partial charge in [-0.25, -0.2) is 0 Å². The maximum absolute atomic E-state index is 15.1. The highest BCUT2D eigenvalue weighted by atomic mass is 79.9. The number of halogens is 1. The van der Waals surface area contributed by atoms with Crippen molar-refractivity contribution >= 4 is 45.0 Å². The van der Waals surface area contributed by atoms with Crippen LogP contribution in [0.25, 0.3) is 0 Å². The number of carbonyl (C=O) groups excluding carboxylic acids is 3. The fraction of sp³-hybridized carbons (Fsp3) is 0.486. The summed E-state index contributed by atoms with van der Waals surface area (Å²) in [6.45, 7) is 18.1. The molecule has 3 aliphatic rings. The molecular formula is C37H46BrN3O6. The number of fused-ring (bicyclic) bond motifs is 1. The van der Waals surface area contributed by atoms with Crippen LogP contribution >= 0.6 is 15.9 Å². The average Bonchev–Trinajstić information content (AvgIpc) is 3.63. The Balaban J connectivity index is 1.63. The molecule has 3 amide bonds. The first-order valence-corrected chi connectivity index (χ1v) is 17.3. The summed E-state index contributed by atoms with van der Waals surface area (Å²) in [7, 11) is 0. The predicted molar refractivity (Wildman–Crippen MR) is 187 cm³/mol. The van der Waals surface area contributed by atoms with Crippen molar-refractivity contribution in [3.8, 4) is 5.75 Å². The number of aryl methyl sites for hydroxylation is 2. The Labute approximate surface area is 286 Å². The second-order valence-corrected chi connectivity index (χ2v) is 14.2. The number of ether oxygens (including phenoxy) is 2. The first-order chi connectivity index (χ1) is 22.5. The summed E-state index contributed by atoms with van der Waals surface area (Å²) < 4.78 is 12.4. The van der Waals surface area contributed by atoms with Crippen LogP contribution in [0, 0.1) is 31.6 Å². The molecule has 1 spiro atoms. The Morgan fingerprint density at radius 2 is 1.70 bits per heavy atom. The van der Waals surface area contributed by atoms with Crippen molar-refractivity contribution in [2.24, 2.45) is 17.8 Å². The molecule has 47 heavy (non-hydrogen) atoms. The molecule has 0 saturated carbocycles. The molecule has 7 atom stereocenters. The fourth-order valence-electron chi connectivity index (χ4n) is 7.93. The van der Waals surface area contributed by atoms with Gasteiger partial charge in [-0.3, -0.25) is 14.4 Å². The summed E-state index contributed by atoms with van der Waals surface area (Å²) in [5.41, 5.74) is 1.92. The number of anilines is 2. The Bertz CT molecular complexity index is 1510. The standard InChI is InChI=1S/C37H46BrN3O6/c1-8-18-39(25-14-16-26(17-15-25)46-10-3)34(43)29-30-35(44)41(28(21-42)22(4)5)33(37(30)20-27(38)32(29)47-37)36(45)40(19-9-2)31-23(6)12-11-13-24(31)7/h8-9,11-17,22,27-30,32-33,42H,1-2,10,18-21H2,3-7H3/t27?,28-,29+,30-,32+,33?,37?/m0/s1. The van der Waals surface area contributed by atoms with E-state index in [0.29, 0.717) is 24.5 Å². The molecule has 3 aliphatic heterocycles. The van der Waals surface area contributed by atoms with Crippen LogP contribution in [0.2, 0.25) is 0 Å². The Morgan fingerprint density at radius 1 is 1.09 bits per heavy atom. The van der Waals surface area contributed by atoms with E-state index in [1.807, 2.05) is 77.1 Å². The van der Waals surface area contributed by atoms with Gasteiger partial charge in [0.05, 0.1) is 37.2 Å². The molecule has 252 valence electrons. The molecule has 0 aromatic heterocycles. The summed E-state index contributed by atoms with van der Waals surface area (Å²) in [6.07, 6.45) is 3.04. The van der Waals surface area contributed by atoms with Gasteiger partial charge >= 0.3 is 0 Å². The quantitative estimate of drug-likeness (QED) is 0.227. The van der Waals surface area contributed by atoms with E-state index in [-0.39, 0.29) is 48.2 Å². The third kappa shape index (κ3) is 5.82. The number of alkyl halides is 1. The minimum Gasteiger partial charge on any atom is -0.494 e. The molecule has 0 aliphatic carbocycles.